The summed E-state index contributed by atoms with van der Waals surface area (Å²) in [4.78, 5) is 28.0. The maximum Gasteiger partial charge on any atom is 0.317 e. The van der Waals surface area contributed by atoms with Crippen LogP contribution in [0.5, 0.6) is 0 Å². The molecule has 0 spiro atoms. The van der Waals surface area contributed by atoms with Crippen LogP contribution in [0.15, 0.2) is 4.99 Å². The molecule has 1 N–H and O–H groups in total. The van der Waals surface area contributed by atoms with Gasteiger partial charge in [-0.2, -0.15) is 0 Å². The number of nitrogens with one attached hydrogen (secondary N) is 1. The van der Waals surface area contributed by atoms with Crippen molar-refractivity contribution < 1.29 is 14.3 Å². The Morgan fingerprint density at radius 2 is 1.96 bits per heavy atom. The number of rotatable bonds is 7. The summed E-state index contributed by atoms with van der Waals surface area (Å²) in [5.74, 6) is 1.65. The summed E-state index contributed by atoms with van der Waals surface area (Å²) in [6.07, 6.45) is 9.37. The highest BCUT2D eigenvalue weighted by Gasteiger charge is 2.23. The molecule has 0 aromatic rings. The number of hydrogen-bond acceptors (Lipinski definition) is 4. The van der Waals surface area contributed by atoms with Gasteiger partial charge in [0.2, 0.25) is 6.08 Å². The van der Waals surface area contributed by atoms with E-state index in [0.29, 0.717) is 24.3 Å². The fourth-order valence-electron chi connectivity index (χ4n) is 3.80. The molecule has 1 heterocycles. The SMILES string of the molecule is CN(CCC1CCOCC1)C(=O)NCC1CCCC(CN=C=O)C1. The number of urea groups is 1. The van der Waals surface area contributed by atoms with Crippen LogP contribution in [0.1, 0.15) is 44.9 Å². The van der Waals surface area contributed by atoms with Gasteiger partial charge in [0.15, 0.2) is 0 Å². The van der Waals surface area contributed by atoms with E-state index in [4.69, 9.17) is 4.74 Å². The Kier molecular flexibility index (Phi) is 8.26. The average Bonchev–Trinajstić information content (AvgIpc) is 2.63. The van der Waals surface area contributed by atoms with E-state index < -0.39 is 0 Å². The number of ether oxygens (including phenoxy) is 1. The first-order valence-electron chi connectivity index (χ1n) is 9.29. The number of nitrogens with zero attached hydrogens (tertiary/aromatic N) is 2. The van der Waals surface area contributed by atoms with Crippen LogP contribution in [-0.4, -0.2) is 56.9 Å². The summed E-state index contributed by atoms with van der Waals surface area (Å²) in [6, 6.07) is 0.0232. The lowest BCUT2D eigenvalue weighted by Gasteiger charge is -2.29. The van der Waals surface area contributed by atoms with Gasteiger partial charge in [-0.25, -0.2) is 14.6 Å². The molecule has 1 aliphatic carbocycles. The molecule has 24 heavy (non-hydrogen) atoms. The summed E-state index contributed by atoms with van der Waals surface area (Å²) in [5.41, 5.74) is 0. The van der Waals surface area contributed by atoms with Gasteiger partial charge in [0.05, 0.1) is 6.54 Å². The highest BCUT2D eigenvalue weighted by atomic mass is 16.5. The first kappa shape index (κ1) is 18.9. The molecule has 0 bridgehead atoms. The molecule has 0 radical (unpaired) electrons. The summed E-state index contributed by atoms with van der Waals surface area (Å²) < 4.78 is 5.37. The van der Waals surface area contributed by atoms with E-state index in [9.17, 15) is 9.59 Å². The number of carbonyl (C=O) groups excluding carboxylic acids is 2. The second-order valence-electron chi connectivity index (χ2n) is 7.28. The lowest BCUT2D eigenvalue weighted by molar-refractivity contribution is 0.0619. The van der Waals surface area contributed by atoms with E-state index in [1.165, 1.54) is 0 Å². The minimum Gasteiger partial charge on any atom is -0.381 e. The zero-order valence-electron chi connectivity index (χ0n) is 14.8. The third-order valence-electron chi connectivity index (χ3n) is 5.41. The first-order chi connectivity index (χ1) is 11.7. The summed E-state index contributed by atoms with van der Waals surface area (Å²) >= 11 is 0. The van der Waals surface area contributed by atoms with Crippen LogP contribution < -0.4 is 5.32 Å². The molecule has 2 aliphatic rings. The maximum atomic E-state index is 12.2. The Morgan fingerprint density at radius 1 is 1.21 bits per heavy atom. The molecule has 6 heteroatoms. The van der Waals surface area contributed by atoms with Crippen LogP contribution in [0.2, 0.25) is 0 Å². The second-order valence-corrected chi connectivity index (χ2v) is 7.28. The molecule has 2 fully saturated rings. The van der Waals surface area contributed by atoms with Gasteiger partial charge in [0.1, 0.15) is 0 Å². The smallest absolute Gasteiger partial charge is 0.317 e. The standard InChI is InChI=1S/C18H31N3O3/c1-21(8-5-15-6-9-24-10-7-15)18(23)20-13-17-4-2-3-16(11-17)12-19-14-22/h15-17H,2-13H2,1H3,(H,20,23). The zero-order valence-corrected chi connectivity index (χ0v) is 14.8. The first-order valence-corrected chi connectivity index (χ1v) is 9.29. The molecule has 136 valence electrons. The molecule has 1 aliphatic heterocycles. The van der Waals surface area contributed by atoms with E-state index in [1.807, 2.05) is 7.05 Å². The normalized spacial score (nSPS) is 24.9. The predicted molar refractivity (Wildman–Crippen MR) is 92.6 cm³/mol. The van der Waals surface area contributed by atoms with Gasteiger partial charge >= 0.3 is 6.03 Å². The monoisotopic (exact) mass is 337 g/mol. The van der Waals surface area contributed by atoms with E-state index in [-0.39, 0.29) is 6.03 Å². The van der Waals surface area contributed by atoms with Crippen LogP contribution in [0.4, 0.5) is 4.79 Å². The Balaban J connectivity index is 1.63. The van der Waals surface area contributed by atoms with Gasteiger partial charge in [-0.3, -0.25) is 0 Å². The zero-order chi connectivity index (χ0) is 17.2. The number of aliphatic imine (C=N–C) groups is 1. The van der Waals surface area contributed by atoms with E-state index >= 15 is 0 Å². The molecule has 2 unspecified atom stereocenters. The lowest BCUT2D eigenvalue weighted by atomic mass is 9.81. The van der Waals surface area contributed by atoms with Crippen LogP contribution in [0.3, 0.4) is 0 Å². The number of isocyanates is 1. The highest BCUT2D eigenvalue weighted by Crippen LogP contribution is 2.28. The third-order valence-corrected chi connectivity index (χ3v) is 5.41. The summed E-state index contributed by atoms with van der Waals surface area (Å²) in [7, 11) is 1.87. The number of carbonyl (C=O) groups is 1. The van der Waals surface area contributed by atoms with E-state index in [2.05, 4.69) is 10.3 Å². The largest absolute Gasteiger partial charge is 0.381 e. The van der Waals surface area contributed by atoms with Gasteiger partial charge in [0.25, 0.3) is 0 Å². The highest BCUT2D eigenvalue weighted by molar-refractivity contribution is 5.73. The number of amides is 2. The van der Waals surface area contributed by atoms with Crippen LogP contribution in [0, 0.1) is 17.8 Å². The van der Waals surface area contributed by atoms with Gasteiger partial charge in [0, 0.05) is 33.4 Å². The molecule has 1 saturated heterocycles. The molecule has 2 atom stereocenters. The van der Waals surface area contributed by atoms with Gasteiger partial charge in [-0.15, -0.1) is 0 Å². The Bertz CT molecular complexity index is 431. The lowest BCUT2D eigenvalue weighted by Crippen LogP contribution is -2.41. The van der Waals surface area contributed by atoms with E-state index in [0.717, 1.165) is 71.2 Å². The van der Waals surface area contributed by atoms with Crippen molar-refractivity contribution in [2.24, 2.45) is 22.7 Å². The van der Waals surface area contributed by atoms with Gasteiger partial charge in [-0.1, -0.05) is 6.42 Å². The topological polar surface area (TPSA) is 71.0 Å². The van der Waals surface area contributed by atoms with Crippen molar-refractivity contribution in [1.82, 2.24) is 10.2 Å². The van der Waals surface area contributed by atoms with Crippen LogP contribution in [0.25, 0.3) is 0 Å². The van der Waals surface area contributed by atoms with Crippen molar-refractivity contribution in [3.05, 3.63) is 0 Å². The molecule has 1 saturated carbocycles. The fraction of sp³-hybridized carbons (Fsp3) is 0.889. The van der Waals surface area contributed by atoms with E-state index in [1.54, 1.807) is 11.0 Å². The minimum absolute atomic E-state index is 0.0232. The summed E-state index contributed by atoms with van der Waals surface area (Å²) in [5, 5.41) is 3.07. The molecule has 2 rings (SSSR count). The number of hydrogen-bond donors (Lipinski definition) is 1. The van der Waals surface area contributed by atoms with Crippen molar-refractivity contribution in [1.29, 1.82) is 0 Å². The Labute approximate surface area is 145 Å². The molecular weight excluding hydrogens is 306 g/mol. The Hall–Kier alpha value is -1.39. The van der Waals surface area contributed by atoms with Gasteiger partial charge < -0.3 is 15.0 Å². The van der Waals surface area contributed by atoms with Crippen molar-refractivity contribution in [2.75, 3.05) is 39.9 Å². The Morgan fingerprint density at radius 3 is 2.71 bits per heavy atom. The molecule has 2 amide bonds. The summed E-state index contributed by atoms with van der Waals surface area (Å²) in [6.45, 7) is 3.83. The van der Waals surface area contributed by atoms with Crippen LogP contribution >= 0.6 is 0 Å². The second kappa shape index (κ2) is 10.5. The predicted octanol–water partition coefficient (Wildman–Crippen LogP) is 2.59. The van der Waals surface area contributed by atoms with Crippen molar-refractivity contribution in [3.8, 4) is 0 Å². The van der Waals surface area contributed by atoms with Crippen molar-refractivity contribution in [2.45, 2.75) is 44.9 Å². The molecule has 0 aromatic heterocycles. The van der Waals surface area contributed by atoms with Crippen molar-refractivity contribution in [3.63, 3.8) is 0 Å². The molecule has 0 aromatic carbocycles. The third kappa shape index (κ3) is 6.62. The van der Waals surface area contributed by atoms with Gasteiger partial charge in [-0.05, 0) is 56.3 Å². The quantitative estimate of drug-likeness (QED) is 0.573. The fourth-order valence-corrected chi connectivity index (χ4v) is 3.80. The van der Waals surface area contributed by atoms with Crippen molar-refractivity contribution >= 4 is 12.1 Å². The molecular formula is C18H31N3O3. The average molecular weight is 337 g/mol. The molecule has 6 nitrogen and oxygen atoms in total. The van der Waals surface area contributed by atoms with Crippen LogP contribution in [-0.2, 0) is 9.53 Å². The minimum atomic E-state index is 0.0232. The maximum absolute atomic E-state index is 12.2.